The van der Waals surface area contributed by atoms with E-state index >= 15 is 0 Å². The third-order valence-electron chi connectivity index (χ3n) is 3.36. The molecule has 0 radical (unpaired) electrons. The Balaban J connectivity index is 1.84. The molecule has 0 unspecified atom stereocenters. The van der Waals surface area contributed by atoms with Crippen LogP contribution in [0.25, 0.3) is 0 Å². The minimum atomic E-state index is -4.88. The molecule has 2 N–H and O–H groups in total. The van der Waals surface area contributed by atoms with Gasteiger partial charge < -0.3 is 10.6 Å². The molecular formula is C16H15F3N2O4S2. The number of alkyl halides is 2. The predicted octanol–water partition coefficient (Wildman–Crippen LogP) is 1.97. The summed E-state index contributed by atoms with van der Waals surface area (Å²) in [4.78, 5) is 22.7. The van der Waals surface area contributed by atoms with Crippen LogP contribution in [0.1, 0.15) is 15.2 Å². The van der Waals surface area contributed by atoms with E-state index in [0.29, 0.717) is 5.56 Å². The largest absolute Gasteiger partial charge is 0.354 e. The fourth-order valence-electron chi connectivity index (χ4n) is 2.14. The van der Waals surface area contributed by atoms with E-state index in [9.17, 15) is 31.2 Å². The molecule has 0 saturated heterocycles. The zero-order valence-corrected chi connectivity index (χ0v) is 15.4. The fourth-order valence-corrected chi connectivity index (χ4v) is 4.22. The van der Waals surface area contributed by atoms with E-state index < -0.39 is 38.1 Å². The Kier molecular flexibility index (Phi) is 6.97. The van der Waals surface area contributed by atoms with Crippen LogP contribution in [0.2, 0.25) is 0 Å². The van der Waals surface area contributed by atoms with Gasteiger partial charge in [-0.05, 0) is 29.1 Å². The summed E-state index contributed by atoms with van der Waals surface area (Å²) in [5, 5.41) is 6.08. The van der Waals surface area contributed by atoms with Crippen molar-refractivity contribution in [3.05, 3.63) is 52.0 Å². The second-order valence-corrected chi connectivity index (χ2v) is 8.13. The van der Waals surface area contributed by atoms with E-state index in [4.69, 9.17) is 0 Å². The van der Waals surface area contributed by atoms with Crippen LogP contribution in [0.4, 0.5) is 13.2 Å². The quantitative estimate of drug-likeness (QED) is 0.639. The van der Waals surface area contributed by atoms with Crippen molar-refractivity contribution in [1.82, 2.24) is 10.6 Å². The summed E-state index contributed by atoms with van der Waals surface area (Å²) < 4.78 is 61.4. The number of hydrogen-bond donors (Lipinski definition) is 2. The maximum absolute atomic E-state index is 13.0. The van der Waals surface area contributed by atoms with E-state index in [2.05, 4.69) is 10.6 Å². The zero-order valence-electron chi connectivity index (χ0n) is 13.7. The molecule has 0 atom stereocenters. The third-order valence-corrected chi connectivity index (χ3v) is 5.83. The van der Waals surface area contributed by atoms with Gasteiger partial charge in [0.05, 0.1) is 11.3 Å². The molecule has 1 aromatic heterocycles. The zero-order chi connectivity index (χ0) is 20.0. The molecule has 0 bridgehead atoms. The Morgan fingerprint density at radius 2 is 1.81 bits per heavy atom. The van der Waals surface area contributed by atoms with Gasteiger partial charge in [0.1, 0.15) is 10.7 Å². The van der Waals surface area contributed by atoms with Crippen LogP contribution in [-0.4, -0.2) is 39.1 Å². The van der Waals surface area contributed by atoms with Gasteiger partial charge in [0.15, 0.2) is 0 Å². The Labute approximate surface area is 157 Å². The van der Waals surface area contributed by atoms with Gasteiger partial charge in [-0.15, -0.1) is 11.3 Å². The van der Waals surface area contributed by atoms with E-state index in [1.54, 1.807) is 6.07 Å². The fraction of sp³-hybridized carbons (Fsp3) is 0.250. The van der Waals surface area contributed by atoms with E-state index in [-0.39, 0.29) is 24.4 Å². The van der Waals surface area contributed by atoms with Crippen LogP contribution in [0.5, 0.6) is 0 Å². The summed E-state index contributed by atoms with van der Waals surface area (Å²) in [6, 6.07) is 6.49. The van der Waals surface area contributed by atoms with Crippen molar-refractivity contribution in [2.24, 2.45) is 0 Å². The number of rotatable bonds is 8. The van der Waals surface area contributed by atoms with Crippen molar-refractivity contribution >= 4 is 33.0 Å². The Bertz CT molecular complexity index is 929. The van der Waals surface area contributed by atoms with Crippen molar-refractivity contribution in [3.63, 3.8) is 0 Å². The normalized spacial score (nSPS) is 11.4. The molecular weight excluding hydrogens is 405 g/mol. The minimum absolute atomic E-state index is 0.0300. The highest BCUT2D eigenvalue weighted by atomic mass is 32.2. The summed E-state index contributed by atoms with van der Waals surface area (Å²) in [6.45, 7) is -0.0119. The molecule has 1 heterocycles. The van der Waals surface area contributed by atoms with Crippen LogP contribution >= 0.6 is 11.3 Å². The summed E-state index contributed by atoms with van der Waals surface area (Å²) in [7, 11) is -4.88. The summed E-state index contributed by atoms with van der Waals surface area (Å²) in [5.41, 5.74) is 0.483. The summed E-state index contributed by atoms with van der Waals surface area (Å²) in [5.74, 6) is -5.31. The lowest BCUT2D eigenvalue weighted by atomic mass is 10.1. The highest BCUT2D eigenvalue weighted by Gasteiger charge is 2.32. The Morgan fingerprint density at radius 3 is 2.48 bits per heavy atom. The first kappa shape index (κ1) is 20.9. The van der Waals surface area contributed by atoms with Crippen LogP contribution in [-0.2, 0) is 21.1 Å². The summed E-state index contributed by atoms with van der Waals surface area (Å²) >= 11 is 0.722. The number of benzene rings is 1. The minimum Gasteiger partial charge on any atom is -0.354 e. The lowest BCUT2D eigenvalue weighted by molar-refractivity contribution is -0.120. The predicted molar refractivity (Wildman–Crippen MR) is 93.0 cm³/mol. The number of halogens is 3. The number of amides is 2. The average molecular weight is 420 g/mol. The lowest BCUT2D eigenvalue weighted by Gasteiger charge is -2.08. The van der Waals surface area contributed by atoms with Gasteiger partial charge in [-0.1, -0.05) is 12.1 Å². The van der Waals surface area contributed by atoms with Gasteiger partial charge >= 0.3 is 5.76 Å². The van der Waals surface area contributed by atoms with Crippen molar-refractivity contribution < 1.29 is 31.2 Å². The smallest absolute Gasteiger partial charge is 0.341 e. The molecule has 0 aliphatic rings. The number of thiophene rings is 1. The number of nitrogens with one attached hydrogen (secondary N) is 2. The number of carbonyl (C=O) groups is 2. The topological polar surface area (TPSA) is 92.3 Å². The molecule has 0 fully saturated rings. The van der Waals surface area contributed by atoms with E-state index in [0.717, 1.165) is 17.4 Å². The molecule has 0 spiro atoms. The molecule has 2 rings (SSSR count). The molecule has 2 aromatic rings. The Morgan fingerprint density at radius 1 is 1.11 bits per heavy atom. The van der Waals surface area contributed by atoms with Gasteiger partial charge in [0, 0.05) is 13.1 Å². The first-order valence-corrected chi connectivity index (χ1v) is 10.0. The second-order valence-electron chi connectivity index (χ2n) is 5.33. The lowest BCUT2D eigenvalue weighted by Crippen LogP contribution is -2.35. The van der Waals surface area contributed by atoms with Crippen molar-refractivity contribution in [2.75, 3.05) is 13.1 Å². The molecule has 11 heteroatoms. The number of carbonyl (C=O) groups excluding carboxylic acids is 2. The van der Waals surface area contributed by atoms with Crippen LogP contribution in [0.3, 0.4) is 0 Å². The molecule has 1 aromatic carbocycles. The van der Waals surface area contributed by atoms with Gasteiger partial charge in [-0.3, -0.25) is 9.59 Å². The molecule has 0 aliphatic carbocycles. The first-order valence-electron chi connectivity index (χ1n) is 7.60. The maximum atomic E-state index is 13.0. The van der Waals surface area contributed by atoms with Crippen LogP contribution in [0, 0.1) is 5.82 Å². The molecule has 6 nitrogen and oxygen atoms in total. The third kappa shape index (κ3) is 5.54. The van der Waals surface area contributed by atoms with Gasteiger partial charge in [0.25, 0.3) is 5.91 Å². The first-order chi connectivity index (χ1) is 12.7. The molecule has 146 valence electrons. The van der Waals surface area contributed by atoms with Crippen LogP contribution < -0.4 is 10.6 Å². The SMILES string of the molecule is O=C(Cc1cccc(F)c1)NCCNC(=O)c1sccc1S(=O)(=O)C(F)F. The maximum Gasteiger partial charge on any atom is 0.341 e. The molecule has 0 saturated carbocycles. The second kappa shape index (κ2) is 9.00. The number of hydrogen-bond acceptors (Lipinski definition) is 5. The monoisotopic (exact) mass is 420 g/mol. The van der Waals surface area contributed by atoms with Gasteiger partial charge in [-0.25, -0.2) is 12.8 Å². The highest BCUT2D eigenvalue weighted by molar-refractivity contribution is 7.92. The molecule has 2 amide bonds. The van der Waals surface area contributed by atoms with Gasteiger partial charge in [-0.2, -0.15) is 8.78 Å². The van der Waals surface area contributed by atoms with Crippen molar-refractivity contribution in [2.45, 2.75) is 17.1 Å². The van der Waals surface area contributed by atoms with E-state index in [1.807, 2.05) is 0 Å². The van der Waals surface area contributed by atoms with E-state index in [1.165, 1.54) is 23.6 Å². The standard InChI is InChI=1S/C16H15F3N2O4S2/c17-11-3-1-2-10(8-11)9-13(22)20-5-6-21-15(23)14-12(4-7-26-14)27(24,25)16(18)19/h1-4,7-8,16H,5-6,9H2,(H,20,22)(H,21,23). The molecule has 27 heavy (non-hydrogen) atoms. The van der Waals surface area contributed by atoms with Crippen molar-refractivity contribution in [3.8, 4) is 0 Å². The highest BCUT2D eigenvalue weighted by Crippen LogP contribution is 2.26. The Hall–Kier alpha value is -2.40. The average Bonchev–Trinajstić information content (AvgIpc) is 3.09. The van der Waals surface area contributed by atoms with Crippen LogP contribution in [0.15, 0.2) is 40.6 Å². The van der Waals surface area contributed by atoms with Crippen molar-refractivity contribution in [1.29, 1.82) is 0 Å². The van der Waals surface area contributed by atoms with Gasteiger partial charge in [0.2, 0.25) is 15.7 Å². The molecule has 0 aliphatic heterocycles. The summed E-state index contributed by atoms with van der Waals surface area (Å²) in [6.07, 6.45) is -0.0482. The number of sulfone groups is 1.